The van der Waals surface area contributed by atoms with Crippen LogP contribution in [-0.2, 0) is 14.3 Å². The maximum atomic E-state index is 12.5. The van der Waals surface area contributed by atoms with E-state index >= 15 is 0 Å². The van der Waals surface area contributed by atoms with Crippen molar-refractivity contribution in [1.29, 1.82) is 0 Å². The molecule has 0 fully saturated rings. The molecule has 6 heteroatoms. The number of unbranched alkanes of at least 4 members (excludes halogenated alkanes) is 40. The van der Waals surface area contributed by atoms with Gasteiger partial charge >= 0.3 is 5.97 Å². The Morgan fingerprint density at radius 1 is 0.422 bits per heavy atom. The zero-order valence-corrected chi connectivity index (χ0v) is 43.0. The normalized spacial score (nSPS) is 12.8. The van der Waals surface area contributed by atoms with Crippen molar-refractivity contribution in [2.75, 3.05) is 13.2 Å². The Balaban J connectivity index is 3.50. The molecule has 0 spiro atoms. The summed E-state index contributed by atoms with van der Waals surface area (Å²) in [5.74, 6) is -0.108. The minimum absolute atomic E-state index is 0.0234. The van der Waals surface area contributed by atoms with Gasteiger partial charge in [0, 0.05) is 12.8 Å². The van der Waals surface area contributed by atoms with Gasteiger partial charge in [-0.05, 0) is 57.8 Å². The highest BCUT2D eigenvalue weighted by Crippen LogP contribution is 2.17. The standard InChI is InChI=1S/C58H111NO5/c1-3-5-7-9-11-13-15-17-19-20-21-22-23-24-25-26-27-30-34-38-42-46-50-56(61)55(54-60)59-57(62)51-47-43-39-35-31-29-33-37-41-45-49-53-64-58(63)52-48-44-40-36-32-28-18-16-14-12-10-8-6-4-2/h16,18,46,50,55-56,60-61H,3-15,17,19-45,47-49,51-54H2,1-2H3,(H,59,62)/b18-16-,50-46+. The first kappa shape index (κ1) is 62.3. The number of esters is 1. The molecule has 1 amide bonds. The number of carbonyl (C=O) groups excluding carboxylic acids is 2. The first-order valence-electron chi connectivity index (χ1n) is 28.6. The fraction of sp³-hybridized carbons (Fsp3) is 0.897. The highest BCUT2D eigenvalue weighted by Gasteiger charge is 2.18. The fourth-order valence-corrected chi connectivity index (χ4v) is 8.81. The highest BCUT2D eigenvalue weighted by molar-refractivity contribution is 5.76. The summed E-state index contributed by atoms with van der Waals surface area (Å²) in [6.07, 6.45) is 64.8. The molecule has 3 N–H and O–H groups in total. The van der Waals surface area contributed by atoms with Gasteiger partial charge in [0.25, 0.3) is 0 Å². The van der Waals surface area contributed by atoms with E-state index < -0.39 is 12.1 Å². The van der Waals surface area contributed by atoms with Gasteiger partial charge in [-0.25, -0.2) is 0 Å². The van der Waals surface area contributed by atoms with Crippen molar-refractivity contribution < 1.29 is 24.5 Å². The van der Waals surface area contributed by atoms with Gasteiger partial charge in [0.1, 0.15) is 0 Å². The van der Waals surface area contributed by atoms with Crippen LogP contribution >= 0.6 is 0 Å². The molecule has 6 nitrogen and oxygen atoms in total. The SMILES string of the molecule is CCCCCCC/C=C\CCCCCCCC(=O)OCCCCCCCCCCCCCC(=O)NC(CO)C(O)/C=C/CCCCCCCCCCCCCCCCCCCCCC. The van der Waals surface area contributed by atoms with Gasteiger partial charge in [-0.2, -0.15) is 0 Å². The molecule has 0 aromatic rings. The first-order chi connectivity index (χ1) is 31.5. The number of rotatable bonds is 53. The van der Waals surface area contributed by atoms with E-state index in [4.69, 9.17) is 4.74 Å². The summed E-state index contributed by atoms with van der Waals surface area (Å²) in [5, 5.41) is 23.2. The number of carbonyl (C=O) groups is 2. The van der Waals surface area contributed by atoms with Crippen molar-refractivity contribution in [2.24, 2.45) is 0 Å². The number of aliphatic hydroxyl groups is 2. The average molecular weight is 903 g/mol. The second-order valence-electron chi connectivity index (χ2n) is 19.6. The summed E-state index contributed by atoms with van der Waals surface area (Å²) in [4.78, 5) is 24.5. The Labute approximate surface area is 399 Å². The van der Waals surface area contributed by atoms with Crippen LogP contribution in [0, 0.1) is 0 Å². The molecule has 2 atom stereocenters. The third-order valence-electron chi connectivity index (χ3n) is 13.2. The number of hydrogen-bond acceptors (Lipinski definition) is 5. The number of allylic oxidation sites excluding steroid dienone is 3. The van der Waals surface area contributed by atoms with Gasteiger partial charge in [-0.1, -0.05) is 263 Å². The monoisotopic (exact) mass is 902 g/mol. The largest absolute Gasteiger partial charge is 0.466 e. The summed E-state index contributed by atoms with van der Waals surface area (Å²) >= 11 is 0. The minimum Gasteiger partial charge on any atom is -0.466 e. The highest BCUT2D eigenvalue weighted by atomic mass is 16.5. The topological polar surface area (TPSA) is 95.9 Å². The first-order valence-corrected chi connectivity index (χ1v) is 28.6. The van der Waals surface area contributed by atoms with E-state index in [2.05, 4.69) is 31.3 Å². The summed E-state index contributed by atoms with van der Waals surface area (Å²) in [6, 6.07) is -0.643. The van der Waals surface area contributed by atoms with Crippen LogP contribution in [0.1, 0.15) is 309 Å². The molecular formula is C58H111NO5. The maximum Gasteiger partial charge on any atom is 0.305 e. The van der Waals surface area contributed by atoms with Crippen LogP contribution in [0.4, 0.5) is 0 Å². The Hall–Kier alpha value is -1.66. The molecule has 0 heterocycles. The summed E-state index contributed by atoms with van der Waals surface area (Å²) in [5.41, 5.74) is 0. The Morgan fingerprint density at radius 3 is 1.11 bits per heavy atom. The molecule has 0 saturated heterocycles. The van der Waals surface area contributed by atoms with Crippen molar-refractivity contribution in [3.63, 3.8) is 0 Å². The predicted octanol–water partition coefficient (Wildman–Crippen LogP) is 17.5. The van der Waals surface area contributed by atoms with E-state index in [1.165, 1.54) is 225 Å². The Bertz CT molecular complexity index is 997. The lowest BCUT2D eigenvalue weighted by Gasteiger charge is -2.20. The van der Waals surface area contributed by atoms with Crippen LogP contribution < -0.4 is 5.32 Å². The van der Waals surface area contributed by atoms with E-state index in [1.54, 1.807) is 6.08 Å². The van der Waals surface area contributed by atoms with E-state index in [0.717, 1.165) is 57.8 Å². The molecule has 0 aromatic heterocycles. The second kappa shape index (κ2) is 54.0. The van der Waals surface area contributed by atoms with Crippen LogP contribution in [0.15, 0.2) is 24.3 Å². The number of aliphatic hydroxyl groups excluding tert-OH is 2. The lowest BCUT2D eigenvalue weighted by Crippen LogP contribution is -2.45. The predicted molar refractivity (Wildman–Crippen MR) is 278 cm³/mol. The molecule has 0 aromatic carbocycles. The molecule has 0 radical (unpaired) electrons. The average Bonchev–Trinajstić information content (AvgIpc) is 3.29. The van der Waals surface area contributed by atoms with Crippen LogP contribution in [0.5, 0.6) is 0 Å². The number of nitrogens with one attached hydrogen (secondary N) is 1. The fourth-order valence-electron chi connectivity index (χ4n) is 8.81. The molecule has 0 aliphatic carbocycles. The van der Waals surface area contributed by atoms with Crippen molar-refractivity contribution in [1.82, 2.24) is 5.32 Å². The zero-order chi connectivity index (χ0) is 46.5. The molecule has 0 rings (SSSR count). The molecule has 0 bridgehead atoms. The van der Waals surface area contributed by atoms with Gasteiger partial charge in [-0.3, -0.25) is 9.59 Å². The second-order valence-corrected chi connectivity index (χ2v) is 19.6. The van der Waals surface area contributed by atoms with Gasteiger partial charge in [0.05, 0.1) is 25.4 Å². The molecule has 0 aliphatic rings. The summed E-state index contributed by atoms with van der Waals surface area (Å²) in [7, 11) is 0. The maximum absolute atomic E-state index is 12.5. The zero-order valence-electron chi connectivity index (χ0n) is 43.0. The van der Waals surface area contributed by atoms with E-state index in [0.29, 0.717) is 19.4 Å². The quantitative estimate of drug-likeness (QED) is 0.0321. The molecular weight excluding hydrogens is 791 g/mol. The van der Waals surface area contributed by atoms with Gasteiger partial charge in [0.15, 0.2) is 0 Å². The van der Waals surface area contributed by atoms with Crippen LogP contribution in [0.25, 0.3) is 0 Å². The van der Waals surface area contributed by atoms with Crippen molar-refractivity contribution in [3.05, 3.63) is 24.3 Å². The molecule has 378 valence electrons. The van der Waals surface area contributed by atoms with E-state index in [1.807, 2.05) is 6.08 Å². The number of hydrogen-bond donors (Lipinski definition) is 3. The molecule has 2 unspecified atom stereocenters. The van der Waals surface area contributed by atoms with E-state index in [-0.39, 0.29) is 18.5 Å². The molecule has 64 heavy (non-hydrogen) atoms. The minimum atomic E-state index is -0.858. The number of ether oxygens (including phenoxy) is 1. The van der Waals surface area contributed by atoms with Crippen LogP contribution in [-0.4, -0.2) is 47.4 Å². The summed E-state index contributed by atoms with van der Waals surface area (Å²) < 4.78 is 5.46. The van der Waals surface area contributed by atoms with Crippen molar-refractivity contribution in [3.8, 4) is 0 Å². The Morgan fingerprint density at radius 2 is 0.734 bits per heavy atom. The molecule has 0 aliphatic heterocycles. The third-order valence-corrected chi connectivity index (χ3v) is 13.2. The van der Waals surface area contributed by atoms with Gasteiger partial charge < -0.3 is 20.3 Å². The summed E-state index contributed by atoms with van der Waals surface area (Å²) in [6.45, 7) is 4.86. The lowest BCUT2D eigenvalue weighted by molar-refractivity contribution is -0.143. The number of amides is 1. The molecule has 0 saturated carbocycles. The van der Waals surface area contributed by atoms with Crippen molar-refractivity contribution in [2.45, 2.75) is 321 Å². The third kappa shape index (κ3) is 49.8. The van der Waals surface area contributed by atoms with Crippen LogP contribution in [0.3, 0.4) is 0 Å². The van der Waals surface area contributed by atoms with Crippen LogP contribution in [0.2, 0.25) is 0 Å². The van der Waals surface area contributed by atoms with Crippen molar-refractivity contribution >= 4 is 11.9 Å². The smallest absolute Gasteiger partial charge is 0.305 e. The van der Waals surface area contributed by atoms with Gasteiger partial charge in [0.2, 0.25) is 5.91 Å². The lowest BCUT2D eigenvalue weighted by atomic mass is 10.0. The van der Waals surface area contributed by atoms with Gasteiger partial charge in [-0.15, -0.1) is 0 Å². The van der Waals surface area contributed by atoms with E-state index in [9.17, 15) is 19.8 Å². The Kier molecular flexibility index (Phi) is 52.6.